The summed E-state index contributed by atoms with van der Waals surface area (Å²) in [6.07, 6.45) is -0.451. The summed E-state index contributed by atoms with van der Waals surface area (Å²) >= 11 is 5.89. The van der Waals surface area contributed by atoms with Crippen molar-refractivity contribution in [2.24, 2.45) is 0 Å². The quantitative estimate of drug-likeness (QED) is 0.533. The van der Waals surface area contributed by atoms with Gasteiger partial charge in [-0.1, -0.05) is 72.3 Å². The lowest BCUT2D eigenvalue weighted by Gasteiger charge is -2.18. The zero-order chi connectivity index (χ0) is 19.8. The first kappa shape index (κ1) is 19.6. The van der Waals surface area contributed by atoms with Gasteiger partial charge in [0, 0.05) is 17.0 Å². The maximum absolute atomic E-state index is 12.7. The van der Waals surface area contributed by atoms with Gasteiger partial charge in [0.05, 0.1) is 6.04 Å². The first-order valence-electron chi connectivity index (χ1n) is 8.93. The molecule has 0 saturated heterocycles. The molecule has 0 aliphatic rings. The van der Waals surface area contributed by atoms with Gasteiger partial charge in [-0.05, 0) is 35.4 Å². The van der Waals surface area contributed by atoms with E-state index in [1.165, 1.54) is 0 Å². The molecule has 142 valence electrons. The molecule has 1 N–H and O–H groups in total. The largest absolute Gasteiger partial charge is 0.445 e. The van der Waals surface area contributed by atoms with Crippen LogP contribution in [0.3, 0.4) is 0 Å². The molecule has 1 unspecified atom stereocenters. The number of nitrogens with one attached hydrogen (secondary N) is 1. The second-order valence-electron chi connectivity index (χ2n) is 6.30. The van der Waals surface area contributed by atoms with Crippen LogP contribution >= 0.6 is 11.6 Å². The van der Waals surface area contributed by atoms with Crippen molar-refractivity contribution in [1.29, 1.82) is 0 Å². The van der Waals surface area contributed by atoms with Crippen LogP contribution in [0, 0.1) is 0 Å². The van der Waals surface area contributed by atoms with E-state index in [-0.39, 0.29) is 18.8 Å². The number of halogens is 1. The maximum Gasteiger partial charge on any atom is 0.407 e. The van der Waals surface area contributed by atoms with Gasteiger partial charge in [0.15, 0.2) is 5.78 Å². The minimum absolute atomic E-state index is 0.0890. The molecular weight excluding hydrogens is 374 g/mol. The zero-order valence-corrected chi connectivity index (χ0v) is 15.9. The highest BCUT2D eigenvalue weighted by Gasteiger charge is 2.20. The number of rotatable bonds is 7. The molecule has 1 atom stereocenters. The standard InChI is InChI=1S/C23H20ClNO3/c24-20-13-11-19(12-14-20)22(26)15-21(18-9-5-2-6-10-18)25-23(27)28-16-17-7-3-1-4-8-17/h1-14,21H,15-16H2,(H,25,27). The van der Waals surface area contributed by atoms with Gasteiger partial charge in [-0.15, -0.1) is 0 Å². The van der Waals surface area contributed by atoms with Crippen LogP contribution in [0.4, 0.5) is 4.79 Å². The molecule has 0 aliphatic carbocycles. The Balaban J connectivity index is 1.67. The first-order chi connectivity index (χ1) is 13.6. The monoisotopic (exact) mass is 393 g/mol. The number of amides is 1. The molecule has 0 heterocycles. The van der Waals surface area contributed by atoms with Crippen LogP contribution in [0.1, 0.15) is 33.9 Å². The molecule has 3 aromatic rings. The summed E-state index contributed by atoms with van der Waals surface area (Å²) in [6, 6.07) is 25.0. The van der Waals surface area contributed by atoms with Gasteiger partial charge in [-0.3, -0.25) is 4.79 Å². The Kier molecular flexibility index (Phi) is 6.82. The lowest BCUT2D eigenvalue weighted by atomic mass is 9.98. The SMILES string of the molecule is O=C(NC(CC(=O)c1ccc(Cl)cc1)c1ccccc1)OCc1ccccc1. The number of ketones is 1. The Morgan fingerprint density at radius 2 is 1.46 bits per heavy atom. The van der Waals surface area contributed by atoms with Crippen molar-refractivity contribution in [3.63, 3.8) is 0 Å². The van der Waals surface area contributed by atoms with Crippen molar-refractivity contribution in [3.05, 3.63) is 107 Å². The third-order valence-corrected chi connectivity index (χ3v) is 4.51. The van der Waals surface area contributed by atoms with E-state index in [2.05, 4.69) is 5.32 Å². The molecule has 0 radical (unpaired) electrons. The summed E-state index contributed by atoms with van der Waals surface area (Å²) in [5.74, 6) is -0.0890. The molecule has 1 amide bonds. The first-order valence-corrected chi connectivity index (χ1v) is 9.30. The van der Waals surface area contributed by atoms with Crippen molar-refractivity contribution in [3.8, 4) is 0 Å². The summed E-state index contributed by atoms with van der Waals surface area (Å²) < 4.78 is 5.30. The summed E-state index contributed by atoms with van der Waals surface area (Å²) in [5.41, 5.74) is 2.28. The molecular formula is C23H20ClNO3. The van der Waals surface area contributed by atoms with Crippen molar-refractivity contribution >= 4 is 23.5 Å². The number of hydrogen-bond donors (Lipinski definition) is 1. The average Bonchev–Trinajstić information content (AvgIpc) is 2.73. The number of Topliss-reactive ketones (excluding diaryl/α,β-unsaturated/α-hetero) is 1. The van der Waals surface area contributed by atoms with Crippen molar-refractivity contribution in [1.82, 2.24) is 5.32 Å². The van der Waals surface area contributed by atoms with E-state index >= 15 is 0 Å². The topological polar surface area (TPSA) is 55.4 Å². The van der Waals surface area contributed by atoms with Crippen LogP contribution in [0.2, 0.25) is 5.02 Å². The average molecular weight is 394 g/mol. The van der Waals surface area contributed by atoms with Gasteiger partial charge in [0.1, 0.15) is 6.61 Å². The minimum atomic E-state index is -0.568. The summed E-state index contributed by atoms with van der Waals surface area (Å²) in [4.78, 5) is 25.0. The predicted octanol–water partition coefficient (Wildman–Crippen LogP) is 5.58. The van der Waals surface area contributed by atoms with Crippen LogP contribution in [0.15, 0.2) is 84.9 Å². The van der Waals surface area contributed by atoms with Crippen molar-refractivity contribution in [2.75, 3.05) is 0 Å². The molecule has 0 aromatic heterocycles. The third kappa shape index (κ3) is 5.69. The fourth-order valence-electron chi connectivity index (χ4n) is 2.78. The number of carbonyl (C=O) groups excluding carboxylic acids is 2. The molecule has 3 rings (SSSR count). The van der Waals surface area contributed by atoms with E-state index in [9.17, 15) is 9.59 Å². The molecule has 28 heavy (non-hydrogen) atoms. The highest BCUT2D eigenvalue weighted by atomic mass is 35.5. The molecule has 0 spiro atoms. The van der Waals surface area contributed by atoms with E-state index in [0.29, 0.717) is 10.6 Å². The van der Waals surface area contributed by atoms with E-state index in [1.807, 2.05) is 60.7 Å². The number of alkyl carbamates (subject to hydrolysis) is 1. The smallest absolute Gasteiger partial charge is 0.407 e. The van der Waals surface area contributed by atoms with Crippen LogP contribution in [0.25, 0.3) is 0 Å². The lowest BCUT2D eigenvalue weighted by molar-refractivity contribution is 0.0963. The van der Waals surface area contributed by atoms with E-state index in [0.717, 1.165) is 11.1 Å². The number of hydrogen-bond acceptors (Lipinski definition) is 3. The zero-order valence-electron chi connectivity index (χ0n) is 15.2. The number of carbonyl (C=O) groups is 2. The van der Waals surface area contributed by atoms with E-state index < -0.39 is 12.1 Å². The van der Waals surface area contributed by atoms with Gasteiger partial charge < -0.3 is 10.1 Å². The fourth-order valence-corrected chi connectivity index (χ4v) is 2.91. The van der Waals surface area contributed by atoms with Gasteiger partial charge in [0.25, 0.3) is 0 Å². The van der Waals surface area contributed by atoms with Crippen LogP contribution in [0.5, 0.6) is 0 Å². The summed E-state index contributed by atoms with van der Waals surface area (Å²) in [6.45, 7) is 0.166. The van der Waals surface area contributed by atoms with Crippen LogP contribution in [-0.2, 0) is 11.3 Å². The molecule has 4 nitrogen and oxygen atoms in total. The second kappa shape index (κ2) is 9.72. The molecule has 5 heteroatoms. The Morgan fingerprint density at radius 3 is 2.11 bits per heavy atom. The van der Waals surface area contributed by atoms with E-state index in [1.54, 1.807) is 24.3 Å². The van der Waals surface area contributed by atoms with Crippen molar-refractivity contribution in [2.45, 2.75) is 19.1 Å². The number of ether oxygens (including phenoxy) is 1. The highest BCUT2D eigenvalue weighted by molar-refractivity contribution is 6.30. The predicted molar refractivity (Wildman–Crippen MR) is 109 cm³/mol. The normalized spacial score (nSPS) is 11.5. The van der Waals surface area contributed by atoms with Crippen molar-refractivity contribution < 1.29 is 14.3 Å². The highest BCUT2D eigenvalue weighted by Crippen LogP contribution is 2.20. The van der Waals surface area contributed by atoms with Gasteiger partial charge in [-0.2, -0.15) is 0 Å². The van der Waals surface area contributed by atoms with Gasteiger partial charge in [-0.25, -0.2) is 4.79 Å². The van der Waals surface area contributed by atoms with Crippen LogP contribution < -0.4 is 5.32 Å². The Morgan fingerprint density at radius 1 is 0.857 bits per heavy atom. The van der Waals surface area contributed by atoms with E-state index in [4.69, 9.17) is 16.3 Å². The fraction of sp³-hybridized carbons (Fsp3) is 0.130. The minimum Gasteiger partial charge on any atom is -0.445 e. The lowest BCUT2D eigenvalue weighted by Crippen LogP contribution is -2.30. The van der Waals surface area contributed by atoms with Gasteiger partial charge in [0.2, 0.25) is 0 Å². The number of benzene rings is 3. The third-order valence-electron chi connectivity index (χ3n) is 4.26. The second-order valence-corrected chi connectivity index (χ2v) is 6.74. The Hall–Kier alpha value is -3.11. The molecule has 0 saturated carbocycles. The molecule has 0 aliphatic heterocycles. The molecule has 0 bridgehead atoms. The Labute approximate surface area is 169 Å². The summed E-state index contributed by atoms with van der Waals surface area (Å²) in [5, 5.41) is 3.38. The molecule has 3 aromatic carbocycles. The van der Waals surface area contributed by atoms with Gasteiger partial charge >= 0.3 is 6.09 Å². The van der Waals surface area contributed by atoms with Crippen LogP contribution in [-0.4, -0.2) is 11.9 Å². The molecule has 0 fully saturated rings. The summed E-state index contributed by atoms with van der Waals surface area (Å²) in [7, 11) is 0. The Bertz CT molecular complexity index is 912. The maximum atomic E-state index is 12.7.